The first kappa shape index (κ1) is 19.2. The molecule has 8 nitrogen and oxygen atoms in total. The summed E-state index contributed by atoms with van der Waals surface area (Å²) in [6.45, 7) is 0.367. The van der Waals surface area contributed by atoms with Gasteiger partial charge in [0.25, 0.3) is 10.1 Å². The van der Waals surface area contributed by atoms with Gasteiger partial charge < -0.3 is 10.8 Å². The number of benzene rings is 1. The van der Waals surface area contributed by atoms with Crippen LogP contribution in [-0.4, -0.2) is 49.0 Å². The molecule has 23 heavy (non-hydrogen) atoms. The van der Waals surface area contributed by atoms with Crippen molar-refractivity contribution in [3.05, 3.63) is 29.8 Å². The van der Waals surface area contributed by atoms with Crippen LogP contribution >= 0.6 is 0 Å². The number of hydrogen-bond donors (Lipinski definition) is 4. The summed E-state index contributed by atoms with van der Waals surface area (Å²) in [7, 11) is -3.14. The fourth-order valence-corrected chi connectivity index (χ4v) is 2.77. The number of nitrogens with one attached hydrogen (secondary N) is 1. The highest BCUT2D eigenvalue weighted by Gasteiger charge is 2.44. The van der Waals surface area contributed by atoms with E-state index in [1.807, 2.05) is 0 Å². The van der Waals surface area contributed by atoms with Gasteiger partial charge in [-0.1, -0.05) is 12.1 Å². The van der Waals surface area contributed by atoms with Crippen molar-refractivity contribution in [2.24, 2.45) is 5.73 Å². The van der Waals surface area contributed by atoms with E-state index >= 15 is 0 Å². The Morgan fingerprint density at radius 2 is 1.96 bits per heavy atom. The number of hydrogen-bond acceptors (Lipinski definition) is 6. The van der Waals surface area contributed by atoms with E-state index in [1.165, 1.54) is 19.2 Å². The number of rotatable bonds is 9. The van der Waals surface area contributed by atoms with Gasteiger partial charge in [0, 0.05) is 5.56 Å². The Kier molecular flexibility index (Phi) is 6.39. The van der Waals surface area contributed by atoms with Crippen LogP contribution in [-0.2, 0) is 14.9 Å². The van der Waals surface area contributed by atoms with Crippen molar-refractivity contribution in [2.75, 3.05) is 13.6 Å². The van der Waals surface area contributed by atoms with Gasteiger partial charge in [-0.15, -0.1) is 0 Å². The number of nitrogens with two attached hydrogens (primary N) is 1. The van der Waals surface area contributed by atoms with Gasteiger partial charge in [-0.25, -0.2) is 4.79 Å². The maximum absolute atomic E-state index is 12.7. The lowest BCUT2D eigenvalue weighted by Crippen LogP contribution is -2.56. The molecule has 0 spiro atoms. The van der Waals surface area contributed by atoms with Gasteiger partial charge in [0.1, 0.15) is 0 Å². The Balaban J connectivity index is 3.27. The third-order valence-electron chi connectivity index (χ3n) is 3.58. The molecule has 1 atom stereocenters. The predicted molar refractivity (Wildman–Crippen MR) is 82.9 cm³/mol. The van der Waals surface area contributed by atoms with E-state index in [0.717, 1.165) is 12.1 Å². The normalized spacial score (nSPS) is 14.2. The summed E-state index contributed by atoms with van der Waals surface area (Å²) in [6.07, 6.45) is 0.966. The number of carbonyl (C=O) groups is 2. The summed E-state index contributed by atoms with van der Waals surface area (Å²) < 4.78 is 31.4. The zero-order valence-corrected chi connectivity index (χ0v) is 13.5. The van der Waals surface area contributed by atoms with Crippen LogP contribution in [0.25, 0.3) is 0 Å². The summed E-state index contributed by atoms with van der Waals surface area (Å²) in [6, 6.07) is 4.63. The standard InChI is InChI=1S/C14H20N2O6S/c1-16-14(13(18)19,7-2-3-8-15)12(17)10-5-4-6-11(9-10)23(20,21)22/h4-6,9,16H,2-3,7-8,15H2,1H3,(H,18,19)(H,20,21,22)/t14-/m1/s1. The third-order valence-corrected chi connectivity index (χ3v) is 4.43. The quantitative estimate of drug-likeness (QED) is 0.216. The fourth-order valence-electron chi connectivity index (χ4n) is 2.24. The van der Waals surface area contributed by atoms with Crippen molar-refractivity contribution in [1.29, 1.82) is 0 Å². The highest BCUT2D eigenvalue weighted by Crippen LogP contribution is 2.22. The number of carbonyl (C=O) groups excluding carboxylic acids is 1. The second-order valence-corrected chi connectivity index (χ2v) is 6.46. The van der Waals surface area contributed by atoms with Crippen molar-refractivity contribution in [3.8, 4) is 0 Å². The Hall–Kier alpha value is -1.81. The molecule has 1 aromatic rings. The van der Waals surface area contributed by atoms with Crippen molar-refractivity contribution in [3.63, 3.8) is 0 Å². The van der Waals surface area contributed by atoms with E-state index in [9.17, 15) is 23.1 Å². The molecular weight excluding hydrogens is 324 g/mol. The molecule has 1 rings (SSSR count). The van der Waals surface area contributed by atoms with E-state index in [0.29, 0.717) is 19.4 Å². The molecule has 0 aliphatic heterocycles. The topological polar surface area (TPSA) is 147 Å². The van der Waals surface area contributed by atoms with E-state index in [1.54, 1.807) is 0 Å². The van der Waals surface area contributed by atoms with Gasteiger partial charge >= 0.3 is 5.97 Å². The Morgan fingerprint density at radius 1 is 1.30 bits per heavy atom. The second-order valence-electron chi connectivity index (χ2n) is 5.04. The minimum Gasteiger partial charge on any atom is -0.480 e. The van der Waals surface area contributed by atoms with Crippen molar-refractivity contribution in [1.82, 2.24) is 5.32 Å². The van der Waals surface area contributed by atoms with Crippen molar-refractivity contribution >= 4 is 21.9 Å². The van der Waals surface area contributed by atoms with E-state index in [2.05, 4.69) is 5.32 Å². The average Bonchev–Trinajstić information content (AvgIpc) is 2.50. The molecule has 128 valence electrons. The maximum Gasteiger partial charge on any atom is 0.332 e. The molecule has 0 aliphatic rings. The van der Waals surface area contributed by atoms with Crippen LogP contribution in [0.4, 0.5) is 0 Å². The minimum absolute atomic E-state index is 0.00493. The zero-order chi connectivity index (χ0) is 17.7. The highest BCUT2D eigenvalue weighted by molar-refractivity contribution is 7.85. The summed E-state index contributed by atoms with van der Waals surface area (Å²) in [4.78, 5) is 23.9. The van der Waals surface area contributed by atoms with Crippen molar-refractivity contribution < 1.29 is 27.7 Å². The first-order valence-electron chi connectivity index (χ1n) is 6.94. The summed E-state index contributed by atoms with van der Waals surface area (Å²) in [5, 5.41) is 12.0. The number of Topliss-reactive ketones (excluding diaryl/α,β-unsaturated/α-hetero) is 1. The molecule has 0 aliphatic carbocycles. The molecule has 0 saturated heterocycles. The van der Waals surface area contributed by atoms with Crippen LogP contribution < -0.4 is 11.1 Å². The van der Waals surface area contributed by atoms with Crippen LogP contribution in [0.1, 0.15) is 29.6 Å². The number of likely N-dealkylation sites (N-methyl/N-ethyl adjacent to an activating group) is 1. The monoisotopic (exact) mass is 344 g/mol. The number of ketones is 1. The van der Waals surface area contributed by atoms with Gasteiger partial charge in [-0.05, 0) is 45.0 Å². The predicted octanol–water partition coefficient (Wildman–Crippen LogP) is 0.288. The minimum atomic E-state index is -4.49. The Bertz CT molecular complexity index is 688. The molecule has 1 aromatic carbocycles. The van der Waals surface area contributed by atoms with Crippen LogP contribution in [0.2, 0.25) is 0 Å². The van der Waals surface area contributed by atoms with E-state index in [4.69, 9.17) is 10.3 Å². The molecule has 9 heteroatoms. The SMILES string of the molecule is CN[C@@](CCCCN)(C(=O)O)C(=O)c1cccc(S(=O)(=O)O)c1. The maximum atomic E-state index is 12.7. The smallest absolute Gasteiger partial charge is 0.332 e. The lowest BCUT2D eigenvalue weighted by molar-refractivity contribution is -0.142. The third kappa shape index (κ3) is 4.35. The lowest BCUT2D eigenvalue weighted by Gasteiger charge is -2.27. The van der Waals surface area contributed by atoms with E-state index < -0.39 is 32.3 Å². The summed E-state index contributed by atoms with van der Waals surface area (Å²) in [5.41, 5.74) is 3.38. The summed E-state index contributed by atoms with van der Waals surface area (Å²) >= 11 is 0. The summed E-state index contributed by atoms with van der Waals surface area (Å²) in [5.74, 6) is -2.14. The molecule has 5 N–H and O–H groups in total. The largest absolute Gasteiger partial charge is 0.480 e. The lowest BCUT2D eigenvalue weighted by atomic mass is 9.84. The fraction of sp³-hybridized carbons (Fsp3) is 0.429. The van der Waals surface area contributed by atoms with Gasteiger partial charge in [-0.3, -0.25) is 14.7 Å². The van der Waals surface area contributed by atoms with Gasteiger partial charge in [0.15, 0.2) is 11.3 Å². The molecule has 0 saturated carbocycles. The van der Waals surface area contributed by atoms with Crippen molar-refractivity contribution in [2.45, 2.75) is 29.7 Å². The molecule has 0 bridgehead atoms. The van der Waals surface area contributed by atoms with Gasteiger partial charge in [0.2, 0.25) is 0 Å². The van der Waals surface area contributed by atoms with Gasteiger partial charge in [-0.2, -0.15) is 8.42 Å². The average molecular weight is 344 g/mol. The number of aliphatic carboxylic acids is 1. The van der Waals surface area contributed by atoms with Crippen LogP contribution in [0.5, 0.6) is 0 Å². The Morgan fingerprint density at radius 3 is 2.43 bits per heavy atom. The van der Waals surface area contributed by atoms with Crippen LogP contribution in [0, 0.1) is 0 Å². The molecule has 0 amide bonds. The molecule has 0 aromatic heterocycles. The number of carboxylic acids is 1. The molecule has 0 unspecified atom stereocenters. The molecule has 0 radical (unpaired) electrons. The highest BCUT2D eigenvalue weighted by atomic mass is 32.2. The number of unbranched alkanes of at least 4 members (excludes halogenated alkanes) is 1. The molecular formula is C14H20N2O6S. The Labute approximate surface area is 134 Å². The first-order chi connectivity index (χ1) is 10.7. The zero-order valence-electron chi connectivity index (χ0n) is 12.7. The molecule has 0 fully saturated rings. The van der Waals surface area contributed by atoms with Crippen LogP contribution in [0.15, 0.2) is 29.2 Å². The second kappa shape index (κ2) is 7.64. The number of carboxylic acid groups (broad SMARTS) is 1. The molecule has 0 heterocycles. The first-order valence-corrected chi connectivity index (χ1v) is 8.38. The van der Waals surface area contributed by atoms with Gasteiger partial charge in [0.05, 0.1) is 4.90 Å². The van der Waals surface area contributed by atoms with E-state index in [-0.39, 0.29) is 12.0 Å². The van der Waals surface area contributed by atoms with Crippen LogP contribution in [0.3, 0.4) is 0 Å².